The molecular formula is C21H25ClN2O2S. The summed E-state index contributed by atoms with van der Waals surface area (Å²) in [5, 5.41) is 4.58. The Morgan fingerprint density at radius 3 is 2.85 bits per heavy atom. The normalized spacial score (nSPS) is 29.7. The van der Waals surface area contributed by atoms with Crippen LogP contribution in [0.1, 0.15) is 47.3 Å². The number of hydrogen-bond donors (Lipinski definition) is 1. The van der Waals surface area contributed by atoms with Gasteiger partial charge in [0.1, 0.15) is 5.75 Å². The minimum atomic E-state index is 0. The molecule has 144 valence electrons. The van der Waals surface area contributed by atoms with Crippen LogP contribution in [0.2, 0.25) is 0 Å². The summed E-state index contributed by atoms with van der Waals surface area (Å²) < 4.78 is 7.08. The summed E-state index contributed by atoms with van der Waals surface area (Å²) in [6.45, 7) is 3.24. The SMILES string of the molecule is Cl.O=C(NC1C2CCN(CC2)C12CC2)c1cc2ccc3c(c2s1)OCCC3. The fourth-order valence-electron chi connectivity index (χ4n) is 5.56. The van der Waals surface area contributed by atoms with Crippen molar-refractivity contribution in [3.63, 3.8) is 0 Å². The molecule has 4 aliphatic heterocycles. The van der Waals surface area contributed by atoms with Gasteiger partial charge in [0.25, 0.3) is 5.91 Å². The van der Waals surface area contributed by atoms with Gasteiger partial charge in [-0.2, -0.15) is 0 Å². The standard InChI is InChI=1S/C21H24N2O2S.ClH/c24-20(22-19-14-5-9-23(10-6-14)21(19)7-8-21)16-12-15-4-3-13-2-1-11-25-17(13)18(15)26-16;/h3-4,12,14,19H,1-2,5-11H2,(H,22,24);1H. The highest BCUT2D eigenvalue weighted by Crippen LogP contribution is 2.53. The van der Waals surface area contributed by atoms with Crippen LogP contribution in [-0.4, -0.2) is 42.1 Å². The molecule has 2 bridgehead atoms. The number of carbonyl (C=O) groups excluding carboxylic acids is 1. The number of ether oxygens (including phenoxy) is 1. The largest absolute Gasteiger partial charge is 0.492 e. The highest BCUT2D eigenvalue weighted by Gasteiger charge is 2.60. The summed E-state index contributed by atoms with van der Waals surface area (Å²) in [7, 11) is 0. The van der Waals surface area contributed by atoms with Gasteiger partial charge in [0.15, 0.2) is 0 Å². The second-order valence-corrected chi connectivity index (χ2v) is 9.47. The van der Waals surface area contributed by atoms with Crippen molar-refractivity contribution < 1.29 is 9.53 Å². The monoisotopic (exact) mass is 404 g/mol. The van der Waals surface area contributed by atoms with Crippen LogP contribution < -0.4 is 10.1 Å². The van der Waals surface area contributed by atoms with Crippen LogP contribution in [0.5, 0.6) is 5.75 Å². The third-order valence-electron chi connectivity index (χ3n) is 7.05. The maximum atomic E-state index is 13.1. The average molecular weight is 405 g/mol. The molecule has 1 aromatic heterocycles. The number of carbonyl (C=O) groups is 1. The summed E-state index contributed by atoms with van der Waals surface area (Å²) in [6.07, 6.45) is 7.14. The fraction of sp³-hybridized carbons (Fsp3) is 0.571. The first-order valence-electron chi connectivity index (χ1n) is 9.99. The van der Waals surface area contributed by atoms with Gasteiger partial charge in [-0.15, -0.1) is 23.7 Å². The molecule has 1 spiro atoms. The predicted molar refractivity (Wildman–Crippen MR) is 110 cm³/mol. The Bertz CT molecular complexity index is 899. The van der Waals surface area contributed by atoms with Gasteiger partial charge < -0.3 is 10.1 Å². The van der Waals surface area contributed by atoms with Crippen molar-refractivity contribution >= 4 is 39.7 Å². The van der Waals surface area contributed by atoms with E-state index >= 15 is 0 Å². The maximum absolute atomic E-state index is 13.1. The van der Waals surface area contributed by atoms with Crippen molar-refractivity contribution in [2.45, 2.75) is 50.1 Å². The molecule has 5 heterocycles. The van der Waals surface area contributed by atoms with E-state index < -0.39 is 0 Å². The number of thiophene rings is 1. The number of halogens is 1. The summed E-state index contributed by atoms with van der Waals surface area (Å²) in [5.41, 5.74) is 1.57. The highest BCUT2D eigenvalue weighted by atomic mass is 35.5. The van der Waals surface area contributed by atoms with E-state index in [2.05, 4.69) is 28.4 Å². The molecule has 6 heteroatoms. The van der Waals surface area contributed by atoms with E-state index in [1.807, 2.05) is 0 Å². The van der Waals surface area contributed by atoms with Crippen molar-refractivity contribution in [2.75, 3.05) is 19.7 Å². The van der Waals surface area contributed by atoms with Gasteiger partial charge >= 0.3 is 0 Å². The van der Waals surface area contributed by atoms with E-state index in [0.29, 0.717) is 12.0 Å². The maximum Gasteiger partial charge on any atom is 0.261 e. The number of aryl methyl sites for hydroxylation is 1. The smallest absolute Gasteiger partial charge is 0.261 e. The van der Waals surface area contributed by atoms with Crippen LogP contribution in [0.3, 0.4) is 0 Å². The van der Waals surface area contributed by atoms with Crippen LogP contribution >= 0.6 is 23.7 Å². The zero-order chi connectivity index (χ0) is 17.3. The zero-order valence-corrected chi connectivity index (χ0v) is 17.0. The van der Waals surface area contributed by atoms with E-state index in [9.17, 15) is 4.79 Å². The predicted octanol–water partition coefficient (Wildman–Crippen LogP) is 4.00. The van der Waals surface area contributed by atoms with Gasteiger partial charge in [0.05, 0.1) is 22.2 Å². The molecule has 1 saturated carbocycles. The number of nitrogens with one attached hydrogen (secondary N) is 1. The average Bonchev–Trinajstić information content (AvgIpc) is 3.33. The molecule has 1 aromatic carbocycles. The van der Waals surface area contributed by atoms with E-state index in [-0.39, 0.29) is 23.9 Å². The molecule has 1 N–H and O–H groups in total. The van der Waals surface area contributed by atoms with E-state index in [4.69, 9.17) is 4.74 Å². The van der Waals surface area contributed by atoms with E-state index in [0.717, 1.165) is 40.2 Å². The molecular weight excluding hydrogens is 380 g/mol. The van der Waals surface area contributed by atoms with Crippen LogP contribution in [0, 0.1) is 5.92 Å². The van der Waals surface area contributed by atoms with Crippen molar-refractivity contribution in [1.29, 1.82) is 0 Å². The molecule has 27 heavy (non-hydrogen) atoms. The van der Waals surface area contributed by atoms with Gasteiger partial charge in [-0.25, -0.2) is 0 Å². The minimum absolute atomic E-state index is 0. The second-order valence-electron chi connectivity index (χ2n) is 8.41. The highest BCUT2D eigenvalue weighted by molar-refractivity contribution is 7.21. The van der Waals surface area contributed by atoms with Crippen LogP contribution in [0.25, 0.3) is 10.1 Å². The van der Waals surface area contributed by atoms with Gasteiger partial charge in [0.2, 0.25) is 0 Å². The first-order chi connectivity index (χ1) is 12.7. The number of nitrogens with zero attached hydrogens (tertiary/aromatic N) is 1. The molecule has 4 nitrogen and oxygen atoms in total. The summed E-state index contributed by atoms with van der Waals surface area (Å²) >= 11 is 1.60. The van der Waals surface area contributed by atoms with Gasteiger partial charge in [0, 0.05) is 5.54 Å². The van der Waals surface area contributed by atoms with Crippen molar-refractivity contribution in [2.24, 2.45) is 5.92 Å². The van der Waals surface area contributed by atoms with Gasteiger partial charge in [-0.1, -0.05) is 12.1 Å². The molecule has 1 atom stereocenters. The number of benzene rings is 1. The number of fused-ring (bicyclic) bond motifs is 5. The lowest BCUT2D eigenvalue weighted by atomic mass is 9.77. The van der Waals surface area contributed by atoms with Crippen molar-refractivity contribution in [3.8, 4) is 5.75 Å². The lowest BCUT2D eigenvalue weighted by Crippen LogP contribution is -2.65. The minimum Gasteiger partial charge on any atom is -0.492 e. The topological polar surface area (TPSA) is 41.6 Å². The van der Waals surface area contributed by atoms with E-state index in [1.165, 1.54) is 44.3 Å². The van der Waals surface area contributed by atoms with Gasteiger partial charge in [-0.3, -0.25) is 9.69 Å². The number of rotatable bonds is 2. The second kappa shape index (κ2) is 6.36. The summed E-state index contributed by atoms with van der Waals surface area (Å²) in [4.78, 5) is 16.6. The Kier molecular flexibility index (Phi) is 4.19. The molecule has 4 fully saturated rings. The van der Waals surface area contributed by atoms with Crippen LogP contribution in [0.15, 0.2) is 18.2 Å². The van der Waals surface area contributed by atoms with Crippen molar-refractivity contribution in [3.05, 3.63) is 28.6 Å². The molecule has 0 radical (unpaired) electrons. The third-order valence-corrected chi connectivity index (χ3v) is 8.20. The van der Waals surface area contributed by atoms with E-state index in [1.54, 1.807) is 11.3 Å². The molecule has 1 unspecified atom stereocenters. The summed E-state index contributed by atoms with van der Waals surface area (Å²) in [6, 6.07) is 6.70. The first kappa shape index (κ1) is 17.8. The Hall–Kier alpha value is -1.30. The fourth-order valence-corrected chi connectivity index (χ4v) is 6.64. The Morgan fingerprint density at radius 1 is 1.26 bits per heavy atom. The quantitative estimate of drug-likeness (QED) is 0.822. The summed E-state index contributed by atoms with van der Waals surface area (Å²) in [5.74, 6) is 1.79. The zero-order valence-electron chi connectivity index (χ0n) is 15.3. The lowest BCUT2D eigenvalue weighted by Gasteiger charge is -2.52. The van der Waals surface area contributed by atoms with Crippen molar-refractivity contribution in [1.82, 2.24) is 10.2 Å². The third kappa shape index (κ3) is 2.62. The molecule has 1 aliphatic carbocycles. The van der Waals surface area contributed by atoms with Crippen LogP contribution in [-0.2, 0) is 6.42 Å². The Morgan fingerprint density at radius 2 is 2.07 bits per heavy atom. The Labute approximate surface area is 169 Å². The number of amides is 1. The first-order valence-corrected chi connectivity index (χ1v) is 10.8. The Balaban J connectivity index is 0.00000160. The molecule has 1 amide bonds. The molecule has 7 rings (SSSR count). The van der Waals surface area contributed by atoms with Gasteiger partial charge in [-0.05, 0) is 74.5 Å². The number of hydrogen-bond acceptors (Lipinski definition) is 4. The molecule has 5 aliphatic rings. The molecule has 2 aromatic rings. The molecule has 3 saturated heterocycles. The number of piperidine rings is 3. The van der Waals surface area contributed by atoms with Crippen LogP contribution in [0.4, 0.5) is 0 Å². The lowest BCUT2D eigenvalue weighted by molar-refractivity contribution is -0.00138.